The molecule has 150 valence electrons. The van der Waals surface area contributed by atoms with Crippen LogP contribution in [0.4, 0.5) is 9.18 Å². The summed E-state index contributed by atoms with van der Waals surface area (Å²) < 4.78 is 13.4. The van der Waals surface area contributed by atoms with Gasteiger partial charge in [-0.3, -0.25) is 4.90 Å². The fourth-order valence-corrected chi connectivity index (χ4v) is 4.78. The molecule has 1 aromatic carbocycles. The minimum absolute atomic E-state index is 0.0787. The van der Waals surface area contributed by atoms with Crippen molar-refractivity contribution in [3.8, 4) is 0 Å². The van der Waals surface area contributed by atoms with Gasteiger partial charge in [-0.15, -0.1) is 0 Å². The van der Waals surface area contributed by atoms with Gasteiger partial charge in [0.15, 0.2) is 0 Å². The van der Waals surface area contributed by atoms with Crippen LogP contribution >= 0.6 is 0 Å². The Kier molecular flexibility index (Phi) is 6.40. The molecule has 1 spiro atoms. The van der Waals surface area contributed by atoms with Crippen LogP contribution in [0.3, 0.4) is 0 Å². The van der Waals surface area contributed by atoms with Gasteiger partial charge >= 0.3 is 6.03 Å². The summed E-state index contributed by atoms with van der Waals surface area (Å²) in [5, 5.41) is 3.04. The van der Waals surface area contributed by atoms with Gasteiger partial charge in [0.25, 0.3) is 0 Å². The topological polar surface area (TPSA) is 35.6 Å². The Balaban J connectivity index is 1.66. The molecule has 2 heterocycles. The molecule has 2 aliphatic heterocycles. The van der Waals surface area contributed by atoms with Gasteiger partial charge in [-0.05, 0) is 42.9 Å². The van der Waals surface area contributed by atoms with Crippen molar-refractivity contribution in [3.63, 3.8) is 0 Å². The van der Waals surface area contributed by atoms with Gasteiger partial charge in [0.2, 0.25) is 0 Å². The Morgan fingerprint density at radius 2 is 1.93 bits per heavy atom. The summed E-state index contributed by atoms with van der Waals surface area (Å²) in [4.78, 5) is 16.9. The first-order valence-electron chi connectivity index (χ1n) is 10.5. The maximum Gasteiger partial charge on any atom is 0.317 e. The van der Waals surface area contributed by atoms with Gasteiger partial charge in [-0.25, -0.2) is 9.18 Å². The molecule has 0 radical (unpaired) electrons. The van der Waals surface area contributed by atoms with Crippen molar-refractivity contribution in [2.45, 2.75) is 52.5 Å². The predicted octanol–water partition coefficient (Wildman–Crippen LogP) is 4.43. The van der Waals surface area contributed by atoms with Crippen LogP contribution in [-0.2, 0) is 0 Å². The molecule has 0 aliphatic carbocycles. The van der Waals surface area contributed by atoms with Crippen molar-refractivity contribution in [3.05, 3.63) is 35.6 Å². The third-order valence-electron chi connectivity index (χ3n) is 6.10. The third kappa shape index (κ3) is 4.45. The van der Waals surface area contributed by atoms with E-state index in [0.29, 0.717) is 12.0 Å². The van der Waals surface area contributed by atoms with Crippen molar-refractivity contribution in [2.75, 3.05) is 32.7 Å². The zero-order valence-electron chi connectivity index (χ0n) is 17.0. The molecule has 3 rings (SSSR count). The lowest BCUT2D eigenvalue weighted by atomic mass is 9.63. The van der Waals surface area contributed by atoms with Crippen LogP contribution < -0.4 is 5.32 Å². The monoisotopic (exact) mass is 375 g/mol. The maximum atomic E-state index is 13.4. The lowest BCUT2D eigenvalue weighted by Crippen LogP contribution is -2.63. The van der Waals surface area contributed by atoms with Crippen LogP contribution in [-0.4, -0.2) is 48.6 Å². The van der Waals surface area contributed by atoms with E-state index in [1.165, 1.54) is 5.56 Å². The summed E-state index contributed by atoms with van der Waals surface area (Å²) in [5.74, 6) is 0.427. The van der Waals surface area contributed by atoms with E-state index in [9.17, 15) is 9.18 Å². The summed E-state index contributed by atoms with van der Waals surface area (Å²) in [6.07, 6.45) is 4.16. The second-order valence-electron chi connectivity index (χ2n) is 8.71. The molecule has 2 aliphatic rings. The Bertz CT molecular complexity index is 623. The number of hydrogen-bond donors (Lipinski definition) is 1. The van der Waals surface area contributed by atoms with Crippen molar-refractivity contribution in [1.82, 2.24) is 15.1 Å². The van der Waals surface area contributed by atoms with Crippen LogP contribution in [0.5, 0.6) is 0 Å². The molecule has 2 fully saturated rings. The zero-order valence-corrected chi connectivity index (χ0v) is 17.0. The largest absolute Gasteiger partial charge is 0.338 e. The van der Waals surface area contributed by atoms with Gasteiger partial charge in [0.1, 0.15) is 5.82 Å². The Morgan fingerprint density at radius 1 is 1.26 bits per heavy atom. The number of carbonyl (C=O) groups is 1. The average molecular weight is 376 g/mol. The number of nitrogens with one attached hydrogen (secondary N) is 1. The second kappa shape index (κ2) is 8.59. The highest BCUT2D eigenvalue weighted by Crippen LogP contribution is 2.55. The number of unbranched alkanes of at least 4 members (excludes halogenated alkanes) is 1. The average Bonchev–Trinajstić information content (AvgIpc) is 2.63. The fourth-order valence-electron chi connectivity index (χ4n) is 4.78. The first-order valence-corrected chi connectivity index (χ1v) is 10.5. The van der Waals surface area contributed by atoms with Crippen LogP contribution in [0.15, 0.2) is 24.3 Å². The highest BCUT2D eigenvalue weighted by molar-refractivity contribution is 5.74. The van der Waals surface area contributed by atoms with Gasteiger partial charge in [0, 0.05) is 44.2 Å². The van der Waals surface area contributed by atoms with Crippen molar-refractivity contribution in [2.24, 2.45) is 11.3 Å². The van der Waals surface area contributed by atoms with E-state index >= 15 is 0 Å². The molecule has 1 aromatic rings. The van der Waals surface area contributed by atoms with Crippen molar-refractivity contribution < 1.29 is 9.18 Å². The van der Waals surface area contributed by atoms with Gasteiger partial charge in [-0.2, -0.15) is 0 Å². The number of amides is 2. The molecule has 5 heteroatoms. The number of hydrogen-bond acceptors (Lipinski definition) is 2. The lowest BCUT2D eigenvalue weighted by molar-refractivity contribution is -0.112. The Morgan fingerprint density at radius 3 is 2.52 bits per heavy atom. The molecule has 2 amide bonds. The number of likely N-dealkylation sites (tertiary alicyclic amines) is 2. The Labute approximate surface area is 163 Å². The molecule has 2 saturated heterocycles. The summed E-state index contributed by atoms with van der Waals surface area (Å²) in [6, 6.07) is 7.45. The third-order valence-corrected chi connectivity index (χ3v) is 6.10. The van der Waals surface area contributed by atoms with Gasteiger partial charge in [0.05, 0.1) is 0 Å². The first-order chi connectivity index (χ1) is 12.9. The van der Waals surface area contributed by atoms with Crippen LogP contribution in [0.25, 0.3) is 0 Å². The molecular formula is C22H34FN3O. The molecule has 0 bridgehead atoms. The normalized spacial score (nSPS) is 22.1. The smallest absolute Gasteiger partial charge is 0.317 e. The number of nitrogens with zero attached hydrogens (tertiary/aromatic N) is 2. The summed E-state index contributed by atoms with van der Waals surface area (Å²) >= 11 is 0. The van der Waals surface area contributed by atoms with E-state index in [0.717, 1.165) is 58.4 Å². The minimum atomic E-state index is -0.180. The van der Waals surface area contributed by atoms with E-state index in [1.807, 2.05) is 17.0 Å². The summed E-state index contributed by atoms with van der Waals surface area (Å²) in [6.45, 7) is 11.1. The number of urea groups is 1. The van der Waals surface area contributed by atoms with Gasteiger partial charge in [-0.1, -0.05) is 39.3 Å². The van der Waals surface area contributed by atoms with Crippen molar-refractivity contribution >= 4 is 6.03 Å². The zero-order chi connectivity index (χ0) is 19.4. The molecule has 0 aromatic heterocycles. The molecule has 27 heavy (non-hydrogen) atoms. The summed E-state index contributed by atoms with van der Waals surface area (Å²) in [5.41, 5.74) is 1.43. The van der Waals surface area contributed by atoms with Gasteiger partial charge < -0.3 is 10.2 Å². The highest BCUT2D eigenvalue weighted by Gasteiger charge is 2.54. The van der Waals surface area contributed by atoms with Crippen LogP contribution in [0.1, 0.15) is 58.1 Å². The molecule has 1 atom stereocenters. The van der Waals surface area contributed by atoms with Crippen LogP contribution in [0.2, 0.25) is 0 Å². The lowest BCUT2D eigenvalue weighted by Gasteiger charge is -2.61. The molecule has 4 nitrogen and oxygen atoms in total. The molecule has 1 unspecified atom stereocenters. The maximum absolute atomic E-state index is 13.4. The minimum Gasteiger partial charge on any atom is -0.338 e. The fraction of sp³-hybridized carbons (Fsp3) is 0.682. The molecule has 1 N–H and O–H groups in total. The van der Waals surface area contributed by atoms with Crippen LogP contribution in [0, 0.1) is 17.2 Å². The number of halogens is 1. The number of carbonyl (C=O) groups excluding carboxylic acids is 1. The molecule has 0 saturated carbocycles. The van der Waals surface area contributed by atoms with Crippen molar-refractivity contribution in [1.29, 1.82) is 0 Å². The highest BCUT2D eigenvalue weighted by atomic mass is 19.1. The number of piperidine rings is 1. The Hall–Kier alpha value is -1.62. The predicted molar refractivity (Wildman–Crippen MR) is 107 cm³/mol. The van der Waals surface area contributed by atoms with E-state index in [-0.39, 0.29) is 17.3 Å². The SMILES string of the molecule is CCCCNC(=O)N1CCC2(CC1)CN(CC(C)C)C2c1ccc(F)cc1. The van der Waals surface area contributed by atoms with E-state index in [4.69, 9.17) is 0 Å². The number of benzene rings is 1. The summed E-state index contributed by atoms with van der Waals surface area (Å²) in [7, 11) is 0. The van der Waals surface area contributed by atoms with E-state index < -0.39 is 0 Å². The van der Waals surface area contributed by atoms with E-state index in [1.54, 1.807) is 12.1 Å². The quantitative estimate of drug-likeness (QED) is 0.747. The second-order valence-corrected chi connectivity index (χ2v) is 8.71. The van der Waals surface area contributed by atoms with E-state index in [2.05, 4.69) is 31.0 Å². The standard InChI is InChI=1S/C22H34FN3O/c1-4-5-12-24-21(27)25-13-10-22(11-14-25)16-26(15-17(2)3)20(22)18-6-8-19(23)9-7-18/h6-9,17,20H,4-5,10-16H2,1-3H3,(H,24,27). The number of rotatable bonds is 6. The molecular weight excluding hydrogens is 341 g/mol. The first kappa shape index (κ1) is 20.1.